The minimum Gasteiger partial charge on any atom is -0.497 e. The van der Waals surface area contributed by atoms with Crippen LogP contribution in [0.2, 0.25) is 0 Å². The predicted octanol–water partition coefficient (Wildman–Crippen LogP) is 5.34. The molecule has 9 heteroatoms. The number of benzene rings is 2. The molecule has 0 saturated carbocycles. The lowest BCUT2D eigenvalue weighted by Gasteiger charge is -2.29. The van der Waals surface area contributed by atoms with E-state index in [-0.39, 0.29) is 0 Å². The number of hydrogen-bond donors (Lipinski definition) is 0. The topological polar surface area (TPSA) is 92.3 Å². The SMILES string of the molecule is COc1cc(OC)cc(N(CCCN2CCC[C@@H]2CCC#N)c2ccc3ncc(-c4cnn(C)c4)nc3c2)c1. The lowest BCUT2D eigenvalue weighted by Crippen LogP contribution is -2.32. The van der Waals surface area contributed by atoms with Crippen molar-refractivity contribution in [3.63, 3.8) is 0 Å². The summed E-state index contributed by atoms with van der Waals surface area (Å²) in [5.74, 6) is 1.48. The summed E-state index contributed by atoms with van der Waals surface area (Å²) in [6, 6.07) is 15.0. The summed E-state index contributed by atoms with van der Waals surface area (Å²) in [5, 5.41) is 13.3. The summed E-state index contributed by atoms with van der Waals surface area (Å²) in [6.45, 7) is 2.90. The van der Waals surface area contributed by atoms with Crippen molar-refractivity contribution in [1.82, 2.24) is 24.6 Å². The number of aromatic nitrogens is 4. The number of ether oxygens (including phenoxy) is 2. The third-order valence-corrected chi connectivity index (χ3v) is 7.40. The fraction of sp³-hybridized carbons (Fsp3) is 0.400. The minimum absolute atomic E-state index is 0.511. The van der Waals surface area contributed by atoms with E-state index in [1.807, 2.05) is 37.5 Å². The summed E-state index contributed by atoms with van der Waals surface area (Å²) in [7, 11) is 5.23. The van der Waals surface area contributed by atoms with Crippen molar-refractivity contribution < 1.29 is 9.47 Å². The van der Waals surface area contributed by atoms with Crippen LogP contribution in [0.15, 0.2) is 55.0 Å². The van der Waals surface area contributed by atoms with Crippen LogP contribution in [-0.2, 0) is 7.05 Å². The first-order valence-corrected chi connectivity index (χ1v) is 13.5. The van der Waals surface area contributed by atoms with Crippen LogP contribution in [0.3, 0.4) is 0 Å². The minimum atomic E-state index is 0.511. The molecule has 0 bridgehead atoms. The molecule has 0 radical (unpaired) electrons. The first-order valence-electron chi connectivity index (χ1n) is 13.5. The molecular formula is C30H35N7O2. The van der Waals surface area contributed by atoms with Crippen LogP contribution in [0.25, 0.3) is 22.3 Å². The standard InChI is InChI=1S/C30H35N7O2/c1-35-21-22(19-33-35)30-20-32-28-10-9-24(17-29(28)34-30)37(25-15-26(38-2)18-27(16-25)39-3)14-6-13-36-12-5-8-23(36)7-4-11-31/h9-10,15-21,23H,4-8,12-14H2,1-3H3/t23-/m0/s1. The van der Waals surface area contributed by atoms with Gasteiger partial charge in [-0.25, -0.2) is 4.98 Å². The van der Waals surface area contributed by atoms with Gasteiger partial charge in [-0.1, -0.05) is 0 Å². The van der Waals surface area contributed by atoms with Gasteiger partial charge in [0, 0.05) is 73.9 Å². The molecule has 2 aromatic heterocycles. The van der Waals surface area contributed by atoms with Gasteiger partial charge in [-0.15, -0.1) is 0 Å². The molecule has 39 heavy (non-hydrogen) atoms. The Balaban J connectivity index is 1.45. The molecule has 0 spiro atoms. The molecule has 4 aromatic rings. The normalized spacial score (nSPS) is 15.4. The van der Waals surface area contributed by atoms with Gasteiger partial charge in [0.05, 0.1) is 49.4 Å². The van der Waals surface area contributed by atoms with E-state index < -0.39 is 0 Å². The van der Waals surface area contributed by atoms with Crippen molar-refractivity contribution in [3.8, 4) is 28.8 Å². The molecule has 0 amide bonds. The van der Waals surface area contributed by atoms with Gasteiger partial charge in [-0.3, -0.25) is 9.67 Å². The van der Waals surface area contributed by atoms with E-state index in [4.69, 9.17) is 19.7 Å². The van der Waals surface area contributed by atoms with Crippen molar-refractivity contribution in [2.24, 2.45) is 7.05 Å². The van der Waals surface area contributed by atoms with Gasteiger partial charge in [0.25, 0.3) is 0 Å². The van der Waals surface area contributed by atoms with E-state index in [1.165, 1.54) is 12.8 Å². The zero-order valence-electron chi connectivity index (χ0n) is 22.9. The maximum atomic E-state index is 9.05. The van der Waals surface area contributed by atoms with Gasteiger partial charge in [-0.2, -0.15) is 10.4 Å². The number of aryl methyl sites for hydroxylation is 1. The molecule has 2 aromatic carbocycles. The molecule has 1 saturated heterocycles. The zero-order chi connectivity index (χ0) is 27.2. The molecule has 1 atom stereocenters. The third-order valence-electron chi connectivity index (χ3n) is 7.40. The Morgan fingerprint density at radius 1 is 1.05 bits per heavy atom. The molecule has 3 heterocycles. The number of rotatable bonds is 11. The molecular weight excluding hydrogens is 490 g/mol. The van der Waals surface area contributed by atoms with Crippen LogP contribution in [-0.4, -0.2) is 64.5 Å². The molecule has 0 N–H and O–H groups in total. The van der Waals surface area contributed by atoms with Crippen LogP contribution in [0, 0.1) is 11.3 Å². The summed E-state index contributed by atoms with van der Waals surface area (Å²) >= 11 is 0. The Morgan fingerprint density at radius 3 is 2.59 bits per heavy atom. The summed E-state index contributed by atoms with van der Waals surface area (Å²) in [5.41, 5.74) is 5.40. The second kappa shape index (κ2) is 12.1. The zero-order valence-corrected chi connectivity index (χ0v) is 22.9. The highest BCUT2D eigenvalue weighted by atomic mass is 16.5. The fourth-order valence-electron chi connectivity index (χ4n) is 5.40. The summed E-state index contributed by atoms with van der Waals surface area (Å²) in [6.07, 6.45) is 10.5. The molecule has 1 aliphatic heterocycles. The monoisotopic (exact) mass is 525 g/mol. The average Bonchev–Trinajstić information content (AvgIpc) is 3.61. The number of hydrogen-bond acceptors (Lipinski definition) is 8. The van der Waals surface area contributed by atoms with Crippen LogP contribution < -0.4 is 14.4 Å². The largest absolute Gasteiger partial charge is 0.497 e. The van der Waals surface area contributed by atoms with Crippen molar-refractivity contribution >= 4 is 22.4 Å². The maximum absolute atomic E-state index is 9.05. The van der Waals surface area contributed by atoms with Crippen LogP contribution in [0.5, 0.6) is 11.5 Å². The first-order chi connectivity index (χ1) is 19.1. The van der Waals surface area contributed by atoms with Gasteiger partial charge in [0.2, 0.25) is 0 Å². The number of methoxy groups -OCH3 is 2. The highest BCUT2D eigenvalue weighted by Crippen LogP contribution is 2.34. The van der Waals surface area contributed by atoms with E-state index >= 15 is 0 Å². The average molecular weight is 526 g/mol. The number of likely N-dealkylation sites (tertiary alicyclic amines) is 1. The Labute approximate surface area is 229 Å². The molecule has 1 aliphatic rings. The van der Waals surface area contributed by atoms with Crippen LogP contribution in [0.4, 0.5) is 11.4 Å². The Bertz CT molecular complexity index is 1440. The summed E-state index contributed by atoms with van der Waals surface area (Å²) in [4.78, 5) is 14.4. The highest BCUT2D eigenvalue weighted by molar-refractivity contribution is 5.82. The van der Waals surface area contributed by atoms with Crippen molar-refractivity contribution in [3.05, 3.63) is 55.0 Å². The molecule has 0 aliphatic carbocycles. The second-order valence-corrected chi connectivity index (χ2v) is 9.94. The van der Waals surface area contributed by atoms with Gasteiger partial charge in [0.1, 0.15) is 11.5 Å². The second-order valence-electron chi connectivity index (χ2n) is 9.94. The molecule has 5 rings (SSSR count). The van der Waals surface area contributed by atoms with Gasteiger partial charge in [0.15, 0.2) is 0 Å². The third kappa shape index (κ3) is 6.13. The molecule has 9 nitrogen and oxygen atoms in total. The highest BCUT2D eigenvalue weighted by Gasteiger charge is 2.24. The lowest BCUT2D eigenvalue weighted by atomic mass is 10.1. The number of anilines is 2. The smallest absolute Gasteiger partial charge is 0.124 e. The van der Waals surface area contributed by atoms with Crippen molar-refractivity contribution in [1.29, 1.82) is 5.26 Å². The van der Waals surface area contributed by atoms with Crippen molar-refractivity contribution in [2.75, 3.05) is 38.8 Å². The Morgan fingerprint density at radius 2 is 1.87 bits per heavy atom. The number of nitriles is 1. The van der Waals surface area contributed by atoms with Gasteiger partial charge < -0.3 is 19.3 Å². The number of fused-ring (bicyclic) bond motifs is 1. The number of nitrogens with zero attached hydrogens (tertiary/aromatic N) is 7. The fourth-order valence-corrected chi connectivity index (χ4v) is 5.40. The lowest BCUT2D eigenvalue weighted by molar-refractivity contribution is 0.243. The maximum Gasteiger partial charge on any atom is 0.124 e. The first kappa shape index (κ1) is 26.4. The van der Waals surface area contributed by atoms with E-state index in [9.17, 15) is 0 Å². The van der Waals surface area contributed by atoms with Gasteiger partial charge in [-0.05, 0) is 50.4 Å². The molecule has 202 valence electrons. The Kier molecular flexibility index (Phi) is 8.23. The molecule has 1 fully saturated rings. The van der Waals surface area contributed by atoms with Crippen molar-refractivity contribution in [2.45, 2.75) is 38.1 Å². The van der Waals surface area contributed by atoms with E-state index in [0.29, 0.717) is 12.5 Å². The van der Waals surface area contributed by atoms with E-state index in [0.717, 1.165) is 77.6 Å². The quantitative estimate of drug-likeness (QED) is 0.259. The molecule has 0 unspecified atom stereocenters. The van der Waals surface area contributed by atoms with Crippen LogP contribution in [0.1, 0.15) is 32.1 Å². The van der Waals surface area contributed by atoms with E-state index in [1.54, 1.807) is 31.3 Å². The predicted molar refractivity (Wildman–Crippen MR) is 152 cm³/mol. The van der Waals surface area contributed by atoms with E-state index in [2.05, 4.69) is 38.1 Å². The summed E-state index contributed by atoms with van der Waals surface area (Å²) < 4.78 is 12.9. The van der Waals surface area contributed by atoms with Gasteiger partial charge >= 0.3 is 0 Å². The Hall–Kier alpha value is -4.16. The van der Waals surface area contributed by atoms with Crippen LogP contribution >= 0.6 is 0 Å².